The van der Waals surface area contributed by atoms with Crippen molar-refractivity contribution in [2.75, 3.05) is 6.26 Å². The standard InChI is InChI=1S/C30H34F4N4O3S/c1-28(2,31)18-25(27(39)37-23(19-35)17-29(3)15-5-6-16-36-29)38-26(30(32,33)34)22-9-7-20(8-10-22)21-11-13-24(14-12-21)42(4,40)41/h5-16,23,25-26,36,38H,17-18H2,1-4H3,(H,37,39)/t23-,25-,26-,29?/m0/s1. The van der Waals surface area contributed by atoms with E-state index in [-0.39, 0.29) is 16.9 Å². The van der Waals surface area contributed by atoms with Gasteiger partial charge in [0.1, 0.15) is 17.8 Å². The van der Waals surface area contributed by atoms with Crippen molar-refractivity contribution in [3.63, 3.8) is 0 Å². The van der Waals surface area contributed by atoms with E-state index in [0.717, 1.165) is 20.1 Å². The predicted octanol–water partition coefficient (Wildman–Crippen LogP) is 5.29. The summed E-state index contributed by atoms with van der Waals surface area (Å²) >= 11 is 0. The Labute approximate surface area is 243 Å². The van der Waals surface area contributed by atoms with E-state index >= 15 is 0 Å². The number of nitrogens with one attached hydrogen (secondary N) is 3. The molecule has 226 valence electrons. The van der Waals surface area contributed by atoms with Crippen LogP contribution in [0.2, 0.25) is 0 Å². The molecule has 0 fully saturated rings. The largest absolute Gasteiger partial charge is 0.407 e. The minimum atomic E-state index is -4.84. The highest BCUT2D eigenvalue weighted by molar-refractivity contribution is 7.90. The molecular formula is C30H34F4N4O3S. The van der Waals surface area contributed by atoms with Gasteiger partial charge in [-0.2, -0.15) is 18.4 Å². The van der Waals surface area contributed by atoms with E-state index in [2.05, 4.69) is 16.0 Å². The summed E-state index contributed by atoms with van der Waals surface area (Å²) in [6.07, 6.45) is 2.77. The Hall–Kier alpha value is -3.69. The molecule has 1 unspecified atom stereocenters. The van der Waals surface area contributed by atoms with Gasteiger partial charge in [-0.05, 0) is 61.9 Å². The number of benzene rings is 2. The zero-order valence-corrected chi connectivity index (χ0v) is 24.5. The molecular weight excluding hydrogens is 572 g/mol. The van der Waals surface area contributed by atoms with Crippen LogP contribution in [0.25, 0.3) is 11.1 Å². The monoisotopic (exact) mass is 606 g/mol. The van der Waals surface area contributed by atoms with Gasteiger partial charge in [0, 0.05) is 19.1 Å². The lowest BCUT2D eigenvalue weighted by molar-refractivity contribution is -0.161. The number of hydrogen-bond donors (Lipinski definition) is 3. The van der Waals surface area contributed by atoms with E-state index in [1.807, 2.05) is 6.07 Å². The molecule has 1 aliphatic rings. The number of carbonyl (C=O) groups excluding carboxylic acids is 1. The maximum absolute atomic E-state index is 14.7. The zero-order valence-electron chi connectivity index (χ0n) is 23.7. The summed E-state index contributed by atoms with van der Waals surface area (Å²) in [6.45, 7) is 4.12. The van der Waals surface area contributed by atoms with Gasteiger partial charge in [-0.3, -0.25) is 10.1 Å². The van der Waals surface area contributed by atoms with E-state index in [4.69, 9.17) is 0 Å². The van der Waals surface area contributed by atoms with Gasteiger partial charge >= 0.3 is 6.18 Å². The van der Waals surface area contributed by atoms with Crippen molar-refractivity contribution >= 4 is 15.7 Å². The molecule has 0 aromatic heterocycles. The van der Waals surface area contributed by atoms with Crippen LogP contribution in [0.1, 0.15) is 45.2 Å². The first kappa shape index (κ1) is 32.8. The SMILES string of the molecule is CC(C)(F)C[C@H](N[C@@H](c1ccc(-c2ccc(S(C)(=O)=O)cc2)cc1)C(F)(F)F)C(=O)N[C@H](C#N)CC1(C)C=CC=CN1. The number of amides is 1. The van der Waals surface area contributed by atoms with Crippen molar-refractivity contribution in [1.29, 1.82) is 5.26 Å². The Morgan fingerprint density at radius 1 is 1.02 bits per heavy atom. The van der Waals surface area contributed by atoms with Crippen LogP contribution in [0.3, 0.4) is 0 Å². The molecule has 1 amide bonds. The summed E-state index contributed by atoms with van der Waals surface area (Å²) < 4.78 is 81.1. The van der Waals surface area contributed by atoms with Crippen LogP contribution < -0.4 is 16.0 Å². The number of dihydropyridines is 1. The maximum Gasteiger partial charge on any atom is 0.407 e. The number of nitriles is 1. The van der Waals surface area contributed by atoms with Crippen molar-refractivity contribution < 1.29 is 30.8 Å². The van der Waals surface area contributed by atoms with Crippen LogP contribution in [0.15, 0.2) is 77.9 Å². The molecule has 2 aromatic rings. The summed E-state index contributed by atoms with van der Waals surface area (Å²) in [5.41, 5.74) is -1.74. The Kier molecular flexibility index (Phi) is 9.90. The molecule has 0 saturated carbocycles. The average molecular weight is 607 g/mol. The number of hydrogen-bond acceptors (Lipinski definition) is 6. The lowest BCUT2D eigenvalue weighted by Crippen LogP contribution is -2.54. The van der Waals surface area contributed by atoms with E-state index in [9.17, 15) is 36.0 Å². The highest BCUT2D eigenvalue weighted by atomic mass is 32.2. The topological polar surface area (TPSA) is 111 Å². The molecule has 1 heterocycles. The molecule has 7 nitrogen and oxygen atoms in total. The molecule has 12 heteroatoms. The van der Waals surface area contributed by atoms with Gasteiger partial charge in [0.15, 0.2) is 9.84 Å². The second-order valence-corrected chi connectivity index (χ2v) is 13.2. The number of rotatable bonds is 11. The van der Waals surface area contributed by atoms with Crippen LogP contribution in [0.4, 0.5) is 17.6 Å². The van der Waals surface area contributed by atoms with Crippen LogP contribution in [0, 0.1) is 11.3 Å². The van der Waals surface area contributed by atoms with Crippen LogP contribution in [-0.2, 0) is 14.6 Å². The number of nitrogens with zero attached hydrogens (tertiary/aromatic N) is 1. The lowest BCUT2D eigenvalue weighted by Gasteiger charge is -2.33. The number of carbonyl (C=O) groups is 1. The van der Waals surface area contributed by atoms with Crippen LogP contribution >= 0.6 is 0 Å². The number of alkyl halides is 4. The molecule has 3 rings (SSSR count). The average Bonchev–Trinajstić information content (AvgIpc) is 2.89. The van der Waals surface area contributed by atoms with Crippen LogP contribution in [0.5, 0.6) is 0 Å². The van der Waals surface area contributed by atoms with Crippen molar-refractivity contribution in [2.45, 2.75) is 74.0 Å². The van der Waals surface area contributed by atoms with Crippen LogP contribution in [-0.4, -0.2) is 50.0 Å². The molecule has 2 aromatic carbocycles. The van der Waals surface area contributed by atoms with E-state index in [1.165, 1.54) is 36.4 Å². The molecule has 3 N–H and O–H groups in total. The molecule has 0 saturated heterocycles. The third-order valence-electron chi connectivity index (χ3n) is 6.75. The first-order valence-corrected chi connectivity index (χ1v) is 15.0. The Balaban J connectivity index is 1.84. The van der Waals surface area contributed by atoms with Crippen molar-refractivity contribution in [3.05, 3.63) is 78.5 Å². The fourth-order valence-corrected chi connectivity index (χ4v) is 5.25. The summed E-state index contributed by atoms with van der Waals surface area (Å²) in [5.74, 6) is -0.928. The lowest BCUT2D eigenvalue weighted by atomic mass is 9.91. The third kappa shape index (κ3) is 9.16. The smallest absolute Gasteiger partial charge is 0.382 e. The molecule has 0 radical (unpaired) electrons. The highest BCUT2D eigenvalue weighted by Crippen LogP contribution is 2.35. The molecule has 42 heavy (non-hydrogen) atoms. The van der Waals surface area contributed by atoms with Crippen molar-refractivity contribution in [1.82, 2.24) is 16.0 Å². The van der Waals surface area contributed by atoms with Gasteiger partial charge in [-0.1, -0.05) is 48.6 Å². The summed E-state index contributed by atoms with van der Waals surface area (Å²) in [4.78, 5) is 13.3. The first-order valence-electron chi connectivity index (χ1n) is 13.1. The number of allylic oxidation sites excluding steroid dienone is 2. The van der Waals surface area contributed by atoms with E-state index < -0.39 is 57.7 Å². The first-order chi connectivity index (χ1) is 19.4. The Bertz CT molecular complexity index is 1460. The Morgan fingerprint density at radius 2 is 1.60 bits per heavy atom. The minimum absolute atomic E-state index is 0.111. The van der Waals surface area contributed by atoms with Gasteiger partial charge in [0.2, 0.25) is 5.91 Å². The second-order valence-electron chi connectivity index (χ2n) is 11.2. The van der Waals surface area contributed by atoms with Gasteiger partial charge in [-0.25, -0.2) is 12.8 Å². The third-order valence-corrected chi connectivity index (χ3v) is 7.87. The highest BCUT2D eigenvalue weighted by Gasteiger charge is 2.44. The summed E-state index contributed by atoms with van der Waals surface area (Å²) in [5, 5.41) is 17.5. The van der Waals surface area contributed by atoms with E-state index in [0.29, 0.717) is 11.1 Å². The zero-order chi connectivity index (χ0) is 31.3. The second kappa shape index (κ2) is 12.7. The van der Waals surface area contributed by atoms with Gasteiger partial charge in [-0.15, -0.1) is 0 Å². The van der Waals surface area contributed by atoms with E-state index in [1.54, 1.807) is 43.5 Å². The fourth-order valence-electron chi connectivity index (χ4n) is 4.62. The molecule has 4 atom stereocenters. The molecule has 1 aliphatic heterocycles. The quantitative estimate of drug-likeness (QED) is 0.300. The molecule has 0 bridgehead atoms. The predicted molar refractivity (Wildman–Crippen MR) is 152 cm³/mol. The number of halogens is 4. The minimum Gasteiger partial charge on any atom is -0.382 e. The van der Waals surface area contributed by atoms with Gasteiger partial charge in [0.05, 0.1) is 22.5 Å². The molecule has 0 spiro atoms. The van der Waals surface area contributed by atoms with Gasteiger partial charge < -0.3 is 10.6 Å². The fraction of sp³-hybridized carbons (Fsp3) is 0.400. The Morgan fingerprint density at radius 3 is 2.05 bits per heavy atom. The molecule has 0 aliphatic carbocycles. The number of sulfone groups is 1. The maximum atomic E-state index is 14.7. The van der Waals surface area contributed by atoms with Crippen molar-refractivity contribution in [3.8, 4) is 17.2 Å². The van der Waals surface area contributed by atoms with Crippen molar-refractivity contribution in [2.24, 2.45) is 0 Å². The summed E-state index contributed by atoms with van der Waals surface area (Å²) in [7, 11) is -3.41. The normalized spacial score (nSPS) is 19.3. The summed E-state index contributed by atoms with van der Waals surface area (Å²) in [6, 6.07) is 8.28. The van der Waals surface area contributed by atoms with Gasteiger partial charge in [0.25, 0.3) is 0 Å².